The van der Waals surface area contributed by atoms with Gasteiger partial charge in [0.15, 0.2) is 0 Å². The van der Waals surface area contributed by atoms with Crippen LogP contribution in [0.4, 0.5) is 0 Å². The van der Waals surface area contributed by atoms with Crippen LogP contribution in [0.5, 0.6) is 5.88 Å². The summed E-state index contributed by atoms with van der Waals surface area (Å²) >= 11 is 0. The van der Waals surface area contributed by atoms with Gasteiger partial charge >= 0.3 is 5.69 Å². The van der Waals surface area contributed by atoms with Crippen LogP contribution in [0.25, 0.3) is 11.0 Å². The predicted octanol–water partition coefficient (Wildman–Crippen LogP) is 1.52. The average molecular weight is 452 g/mol. The van der Waals surface area contributed by atoms with E-state index in [9.17, 15) is 14.4 Å². The number of carbonyl (C=O) groups is 1. The number of ether oxygens (including phenoxy) is 1. The first kappa shape index (κ1) is 21.5. The van der Waals surface area contributed by atoms with Crippen molar-refractivity contribution in [3.63, 3.8) is 0 Å². The molecule has 4 heterocycles. The number of rotatable bonds is 3. The van der Waals surface area contributed by atoms with Gasteiger partial charge in [0.1, 0.15) is 11.4 Å². The second kappa shape index (κ2) is 7.90. The highest BCUT2D eigenvalue weighted by molar-refractivity contribution is 5.78. The molecule has 5 rings (SSSR count). The highest BCUT2D eigenvalue weighted by atomic mass is 16.5. The minimum Gasteiger partial charge on any atom is -0.471 e. The van der Waals surface area contributed by atoms with Gasteiger partial charge in [-0.3, -0.25) is 18.7 Å². The van der Waals surface area contributed by atoms with Crippen molar-refractivity contribution >= 4 is 16.9 Å². The first-order chi connectivity index (χ1) is 15.8. The third-order valence-corrected chi connectivity index (χ3v) is 7.16. The highest BCUT2D eigenvalue weighted by Gasteiger charge is 2.44. The summed E-state index contributed by atoms with van der Waals surface area (Å²) in [4.78, 5) is 44.5. The normalized spacial score (nSPS) is 20.2. The Balaban J connectivity index is 1.28. The fourth-order valence-electron chi connectivity index (χ4n) is 5.28. The fourth-order valence-corrected chi connectivity index (χ4v) is 5.28. The van der Waals surface area contributed by atoms with Crippen LogP contribution in [-0.4, -0.2) is 48.2 Å². The van der Waals surface area contributed by atoms with Crippen LogP contribution in [0.2, 0.25) is 0 Å². The highest BCUT2D eigenvalue weighted by Crippen LogP contribution is 2.38. The third-order valence-electron chi connectivity index (χ3n) is 7.16. The molecule has 2 aliphatic rings. The second-order valence-electron chi connectivity index (χ2n) is 9.24. The molecule has 1 aromatic carbocycles. The lowest BCUT2D eigenvalue weighted by Gasteiger charge is -2.27. The molecule has 0 aliphatic carbocycles. The van der Waals surface area contributed by atoms with E-state index >= 15 is 0 Å². The zero-order valence-corrected chi connectivity index (χ0v) is 19.3. The molecule has 1 saturated heterocycles. The van der Waals surface area contributed by atoms with Crippen molar-refractivity contribution in [2.45, 2.75) is 51.2 Å². The monoisotopic (exact) mass is 451 g/mol. The maximum absolute atomic E-state index is 13.1. The van der Waals surface area contributed by atoms with Crippen LogP contribution in [0.15, 0.2) is 33.9 Å². The van der Waals surface area contributed by atoms with Crippen LogP contribution in [0.3, 0.4) is 0 Å². The first-order valence-electron chi connectivity index (χ1n) is 11.5. The predicted molar refractivity (Wildman–Crippen MR) is 124 cm³/mol. The van der Waals surface area contributed by atoms with Gasteiger partial charge in [-0.1, -0.05) is 12.1 Å². The number of aryl methyl sites for hydroxylation is 2. The molecule has 1 unspecified atom stereocenters. The lowest BCUT2D eigenvalue weighted by molar-refractivity contribution is -0.131. The van der Waals surface area contributed by atoms with Gasteiger partial charge in [0.25, 0.3) is 5.56 Å². The molecule has 1 fully saturated rings. The van der Waals surface area contributed by atoms with Gasteiger partial charge in [0.05, 0.1) is 16.6 Å². The van der Waals surface area contributed by atoms with Gasteiger partial charge < -0.3 is 14.2 Å². The van der Waals surface area contributed by atoms with Crippen molar-refractivity contribution in [2.75, 3.05) is 13.1 Å². The quantitative estimate of drug-likeness (QED) is 0.602. The van der Waals surface area contributed by atoms with Gasteiger partial charge in [-0.15, -0.1) is 0 Å². The molecule has 1 spiro atoms. The average Bonchev–Trinajstić information content (AvgIpc) is 3.26. The standard InChI is InChI=1S/C24H29N5O4/c1-16-25-18-7-4-5-8-19(18)29(16)13-9-20(30)28-12-6-10-24(11-14-28)15-17-21(31)26(2)23(32)27(3)22(17)33-24/h4-5,7-8H,6,9-15H2,1-3H3. The van der Waals surface area contributed by atoms with Gasteiger partial charge in [-0.25, -0.2) is 9.78 Å². The number of likely N-dealkylation sites (tertiary alicyclic amines) is 1. The number of para-hydroxylation sites is 2. The number of aromatic nitrogens is 4. The summed E-state index contributed by atoms with van der Waals surface area (Å²) in [7, 11) is 3.13. The summed E-state index contributed by atoms with van der Waals surface area (Å²) in [5, 5.41) is 0. The van der Waals surface area contributed by atoms with E-state index in [4.69, 9.17) is 4.74 Å². The summed E-state index contributed by atoms with van der Waals surface area (Å²) < 4.78 is 10.9. The first-order valence-corrected chi connectivity index (χ1v) is 11.5. The molecule has 1 atom stereocenters. The van der Waals surface area contributed by atoms with E-state index < -0.39 is 5.60 Å². The van der Waals surface area contributed by atoms with E-state index in [0.717, 1.165) is 34.3 Å². The van der Waals surface area contributed by atoms with Crippen LogP contribution >= 0.6 is 0 Å². The lowest BCUT2D eigenvalue weighted by Crippen LogP contribution is -2.38. The Kier molecular flexibility index (Phi) is 5.14. The minimum atomic E-state index is -0.536. The van der Waals surface area contributed by atoms with Gasteiger partial charge in [0, 0.05) is 53.0 Å². The molecule has 0 N–H and O–H groups in total. The molecule has 0 saturated carbocycles. The molecule has 2 aromatic heterocycles. The lowest BCUT2D eigenvalue weighted by atomic mass is 9.90. The SMILES string of the molecule is Cc1nc2ccccc2n1CCC(=O)N1CCCC2(CC1)Cc1c(n(C)c(=O)n(C)c1=O)O2. The molecule has 3 aromatic rings. The van der Waals surface area contributed by atoms with Crippen LogP contribution in [0.1, 0.15) is 37.1 Å². The number of hydrogen-bond donors (Lipinski definition) is 0. The van der Waals surface area contributed by atoms with E-state index in [1.807, 2.05) is 36.1 Å². The van der Waals surface area contributed by atoms with Gasteiger partial charge in [-0.2, -0.15) is 0 Å². The summed E-state index contributed by atoms with van der Waals surface area (Å²) in [5.74, 6) is 1.40. The number of imidazole rings is 1. The molecule has 2 aliphatic heterocycles. The molecule has 174 valence electrons. The van der Waals surface area contributed by atoms with Crippen molar-refractivity contribution < 1.29 is 9.53 Å². The van der Waals surface area contributed by atoms with Gasteiger partial charge in [-0.05, 0) is 31.9 Å². The van der Waals surface area contributed by atoms with Crippen LogP contribution in [0, 0.1) is 6.92 Å². The molecule has 33 heavy (non-hydrogen) atoms. The third kappa shape index (κ3) is 3.55. The van der Waals surface area contributed by atoms with Crippen molar-refractivity contribution in [2.24, 2.45) is 14.1 Å². The van der Waals surface area contributed by atoms with Crippen LogP contribution in [-0.2, 0) is 31.9 Å². The van der Waals surface area contributed by atoms with Crippen LogP contribution < -0.4 is 16.0 Å². The molecule has 0 radical (unpaired) electrons. The van der Waals surface area contributed by atoms with Crippen molar-refractivity contribution in [3.8, 4) is 5.88 Å². The number of hydrogen-bond acceptors (Lipinski definition) is 5. The van der Waals surface area contributed by atoms with E-state index in [0.29, 0.717) is 50.3 Å². The van der Waals surface area contributed by atoms with E-state index in [2.05, 4.69) is 9.55 Å². The molecule has 0 bridgehead atoms. The summed E-state index contributed by atoms with van der Waals surface area (Å²) in [6.45, 7) is 3.80. The summed E-state index contributed by atoms with van der Waals surface area (Å²) in [5.41, 5.74) is 1.33. The number of carbonyl (C=O) groups excluding carboxylic acids is 1. The Morgan fingerprint density at radius 3 is 2.73 bits per heavy atom. The number of nitrogens with zero attached hydrogens (tertiary/aromatic N) is 5. The topological polar surface area (TPSA) is 91.4 Å². The molecule has 9 nitrogen and oxygen atoms in total. The van der Waals surface area contributed by atoms with Crippen molar-refractivity contribution in [1.29, 1.82) is 0 Å². The minimum absolute atomic E-state index is 0.114. The Labute approximate surface area is 191 Å². The number of fused-ring (bicyclic) bond motifs is 2. The maximum Gasteiger partial charge on any atom is 0.333 e. The van der Waals surface area contributed by atoms with E-state index in [1.54, 1.807) is 7.05 Å². The van der Waals surface area contributed by atoms with Gasteiger partial charge in [0.2, 0.25) is 11.8 Å². The molecular weight excluding hydrogens is 422 g/mol. The Morgan fingerprint density at radius 2 is 1.91 bits per heavy atom. The number of amides is 1. The number of benzene rings is 1. The van der Waals surface area contributed by atoms with E-state index in [1.165, 1.54) is 11.6 Å². The maximum atomic E-state index is 13.1. The van der Waals surface area contributed by atoms with Crippen molar-refractivity contribution in [1.82, 2.24) is 23.6 Å². The Hall–Kier alpha value is -3.36. The zero-order valence-electron chi connectivity index (χ0n) is 19.3. The largest absolute Gasteiger partial charge is 0.471 e. The summed E-state index contributed by atoms with van der Waals surface area (Å²) in [6.07, 6.45) is 3.06. The summed E-state index contributed by atoms with van der Waals surface area (Å²) in [6, 6.07) is 7.97. The second-order valence-corrected chi connectivity index (χ2v) is 9.24. The Bertz CT molecular complexity index is 1370. The smallest absolute Gasteiger partial charge is 0.333 e. The molecular formula is C24H29N5O4. The van der Waals surface area contributed by atoms with E-state index in [-0.39, 0.29) is 17.2 Å². The zero-order chi connectivity index (χ0) is 23.3. The van der Waals surface area contributed by atoms with Crippen molar-refractivity contribution in [3.05, 3.63) is 56.5 Å². The molecule has 1 amide bonds. The molecule has 9 heteroatoms. The fraction of sp³-hybridized carbons (Fsp3) is 0.500. The Morgan fingerprint density at radius 1 is 1.12 bits per heavy atom.